The van der Waals surface area contributed by atoms with Crippen molar-refractivity contribution in [1.29, 1.82) is 0 Å². The molecule has 1 unspecified atom stereocenters. The fraction of sp³-hybridized carbons (Fsp3) is 0.250. The number of rotatable bonds is 2. The minimum atomic E-state index is -0.800. The minimum absolute atomic E-state index is 0.451. The number of aromatic nitrogens is 2. The zero-order valence-corrected chi connectivity index (χ0v) is 11.0. The molecule has 90 valence electrons. The first-order valence-corrected chi connectivity index (χ1v) is 5.88. The van der Waals surface area contributed by atoms with Crippen LogP contribution in [0.15, 0.2) is 24.4 Å². The number of aliphatic hydroxyl groups excluding tert-OH is 1. The lowest BCUT2D eigenvalue weighted by Gasteiger charge is -2.13. The molecule has 0 saturated heterocycles. The third kappa shape index (κ3) is 2.32. The summed E-state index contributed by atoms with van der Waals surface area (Å²) in [5, 5.41) is 15.4. The van der Waals surface area contributed by atoms with E-state index in [-0.39, 0.29) is 0 Å². The van der Waals surface area contributed by atoms with Crippen LogP contribution >= 0.6 is 23.2 Å². The zero-order chi connectivity index (χ0) is 12.6. The predicted octanol–water partition coefficient (Wildman–Crippen LogP) is 3.12. The van der Waals surface area contributed by atoms with Gasteiger partial charge in [-0.1, -0.05) is 35.3 Å². The Balaban J connectivity index is 2.43. The number of benzene rings is 1. The van der Waals surface area contributed by atoms with Gasteiger partial charge in [0.2, 0.25) is 0 Å². The van der Waals surface area contributed by atoms with Gasteiger partial charge in [0.25, 0.3) is 0 Å². The third-order valence-corrected chi connectivity index (χ3v) is 3.41. The van der Waals surface area contributed by atoms with Crippen LogP contribution in [-0.2, 0) is 7.05 Å². The molecule has 0 bridgehead atoms. The molecule has 1 heterocycles. The van der Waals surface area contributed by atoms with Crippen molar-refractivity contribution in [2.45, 2.75) is 13.0 Å². The van der Waals surface area contributed by atoms with Crippen LogP contribution in [0, 0.1) is 6.92 Å². The molecular formula is C12H12Cl2N2O. The van der Waals surface area contributed by atoms with Crippen molar-refractivity contribution in [3.05, 3.63) is 51.3 Å². The van der Waals surface area contributed by atoms with E-state index in [1.807, 2.05) is 13.0 Å². The normalized spacial score (nSPS) is 12.8. The van der Waals surface area contributed by atoms with E-state index < -0.39 is 6.10 Å². The average molecular weight is 271 g/mol. The first-order valence-electron chi connectivity index (χ1n) is 5.12. The molecule has 2 aromatic rings. The van der Waals surface area contributed by atoms with Crippen molar-refractivity contribution in [2.75, 3.05) is 0 Å². The molecule has 0 spiro atoms. The van der Waals surface area contributed by atoms with E-state index in [4.69, 9.17) is 23.2 Å². The number of aliphatic hydroxyl groups is 1. The van der Waals surface area contributed by atoms with E-state index in [2.05, 4.69) is 5.10 Å². The molecule has 1 aromatic carbocycles. The highest BCUT2D eigenvalue weighted by atomic mass is 35.5. The van der Waals surface area contributed by atoms with E-state index in [0.717, 1.165) is 11.1 Å². The van der Waals surface area contributed by atoms with Gasteiger partial charge in [-0.2, -0.15) is 5.10 Å². The van der Waals surface area contributed by atoms with Gasteiger partial charge in [-0.05, 0) is 24.1 Å². The monoisotopic (exact) mass is 270 g/mol. The lowest BCUT2D eigenvalue weighted by molar-refractivity contribution is 0.210. The molecule has 17 heavy (non-hydrogen) atoms. The Morgan fingerprint density at radius 2 is 2.00 bits per heavy atom. The standard InChI is InChI=1S/C12H12Cl2N2O/c1-7-5-8(3-4-9(7)13)12(17)11-10(14)6-15-16(11)2/h3-6,12,17H,1-2H3. The van der Waals surface area contributed by atoms with Gasteiger partial charge >= 0.3 is 0 Å². The molecule has 0 radical (unpaired) electrons. The van der Waals surface area contributed by atoms with Crippen LogP contribution < -0.4 is 0 Å². The summed E-state index contributed by atoms with van der Waals surface area (Å²) >= 11 is 11.9. The molecule has 0 saturated carbocycles. The maximum absolute atomic E-state index is 10.3. The van der Waals surface area contributed by atoms with Gasteiger partial charge < -0.3 is 5.11 Å². The quantitative estimate of drug-likeness (QED) is 0.911. The molecule has 0 aliphatic heterocycles. The van der Waals surface area contributed by atoms with Gasteiger partial charge in [-0.25, -0.2) is 0 Å². The molecule has 0 fully saturated rings. The van der Waals surface area contributed by atoms with Gasteiger partial charge in [0.1, 0.15) is 6.10 Å². The summed E-state index contributed by atoms with van der Waals surface area (Å²) in [6, 6.07) is 5.39. The van der Waals surface area contributed by atoms with E-state index in [1.54, 1.807) is 23.9 Å². The SMILES string of the molecule is Cc1cc(C(O)c2c(Cl)cnn2C)ccc1Cl. The summed E-state index contributed by atoms with van der Waals surface area (Å²) in [5.74, 6) is 0. The van der Waals surface area contributed by atoms with E-state index in [9.17, 15) is 5.11 Å². The summed E-state index contributed by atoms with van der Waals surface area (Å²) in [5.41, 5.74) is 2.24. The molecule has 0 aliphatic carbocycles. The molecule has 1 atom stereocenters. The number of hydrogen-bond donors (Lipinski definition) is 1. The molecule has 0 aliphatic rings. The fourth-order valence-corrected chi connectivity index (χ4v) is 2.11. The number of hydrogen-bond acceptors (Lipinski definition) is 2. The third-order valence-electron chi connectivity index (χ3n) is 2.69. The largest absolute Gasteiger partial charge is 0.382 e. The molecule has 0 amide bonds. The molecular weight excluding hydrogens is 259 g/mol. The van der Waals surface area contributed by atoms with Crippen LogP contribution in [0.3, 0.4) is 0 Å². The van der Waals surface area contributed by atoms with Crippen molar-refractivity contribution in [3.63, 3.8) is 0 Å². The van der Waals surface area contributed by atoms with Gasteiger partial charge in [-0.3, -0.25) is 4.68 Å². The van der Waals surface area contributed by atoms with Crippen LogP contribution in [-0.4, -0.2) is 14.9 Å². The van der Waals surface area contributed by atoms with Crippen LogP contribution in [0.4, 0.5) is 0 Å². The number of aryl methyl sites for hydroxylation is 2. The van der Waals surface area contributed by atoms with Crippen molar-refractivity contribution in [3.8, 4) is 0 Å². The van der Waals surface area contributed by atoms with Crippen molar-refractivity contribution < 1.29 is 5.11 Å². The summed E-state index contributed by atoms with van der Waals surface area (Å²) in [4.78, 5) is 0. The Labute approximate surface area is 110 Å². The smallest absolute Gasteiger partial charge is 0.122 e. The highest BCUT2D eigenvalue weighted by molar-refractivity contribution is 6.31. The Kier molecular flexibility index (Phi) is 3.43. The average Bonchev–Trinajstić information content (AvgIpc) is 2.62. The van der Waals surface area contributed by atoms with Crippen LogP contribution in [0.25, 0.3) is 0 Å². The molecule has 1 N–H and O–H groups in total. The Hall–Kier alpha value is -1.03. The maximum atomic E-state index is 10.3. The van der Waals surface area contributed by atoms with Gasteiger partial charge in [-0.15, -0.1) is 0 Å². The lowest BCUT2D eigenvalue weighted by Crippen LogP contribution is -2.07. The first kappa shape index (κ1) is 12.4. The van der Waals surface area contributed by atoms with E-state index >= 15 is 0 Å². The van der Waals surface area contributed by atoms with E-state index in [0.29, 0.717) is 15.7 Å². The summed E-state index contributed by atoms with van der Waals surface area (Å²) in [7, 11) is 1.74. The van der Waals surface area contributed by atoms with Crippen molar-refractivity contribution in [1.82, 2.24) is 9.78 Å². The molecule has 5 heteroatoms. The second-order valence-electron chi connectivity index (χ2n) is 3.91. The van der Waals surface area contributed by atoms with Gasteiger partial charge in [0.05, 0.1) is 16.9 Å². The van der Waals surface area contributed by atoms with Crippen molar-refractivity contribution >= 4 is 23.2 Å². The fourth-order valence-electron chi connectivity index (χ4n) is 1.72. The van der Waals surface area contributed by atoms with Crippen LogP contribution in [0.2, 0.25) is 10.0 Å². The summed E-state index contributed by atoms with van der Waals surface area (Å²) in [6.45, 7) is 1.89. The van der Waals surface area contributed by atoms with Crippen molar-refractivity contribution in [2.24, 2.45) is 7.05 Å². The zero-order valence-electron chi connectivity index (χ0n) is 9.48. The number of nitrogens with zero attached hydrogens (tertiary/aromatic N) is 2. The molecule has 3 nitrogen and oxygen atoms in total. The Morgan fingerprint density at radius 3 is 2.53 bits per heavy atom. The molecule has 2 rings (SSSR count). The first-order chi connectivity index (χ1) is 8.00. The van der Waals surface area contributed by atoms with Gasteiger partial charge in [0.15, 0.2) is 0 Å². The van der Waals surface area contributed by atoms with Crippen LogP contribution in [0.5, 0.6) is 0 Å². The summed E-state index contributed by atoms with van der Waals surface area (Å²) in [6.07, 6.45) is 0.717. The minimum Gasteiger partial charge on any atom is -0.382 e. The summed E-state index contributed by atoms with van der Waals surface area (Å²) < 4.78 is 1.57. The topological polar surface area (TPSA) is 38.1 Å². The second kappa shape index (κ2) is 4.69. The lowest BCUT2D eigenvalue weighted by atomic mass is 10.0. The van der Waals surface area contributed by atoms with Crippen LogP contribution in [0.1, 0.15) is 22.9 Å². The van der Waals surface area contributed by atoms with E-state index in [1.165, 1.54) is 6.20 Å². The maximum Gasteiger partial charge on any atom is 0.122 e. The highest BCUT2D eigenvalue weighted by Gasteiger charge is 2.18. The molecule has 1 aromatic heterocycles. The predicted molar refractivity (Wildman–Crippen MR) is 68.5 cm³/mol. The Bertz CT molecular complexity index is 532. The Morgan fingerprint density at radius 1 is 1.29 bits per heavy atom. The van der Waals surface area contributed by atoms with Gasteiger partial charge in [0, 0.05) is 12.1 Å². The highest BCUT2D eigenvalue weighted by Crippen LogP contribution is 2.29. The number of halogens is 2. The second-order valence-corrected chi connectivity index (χ2v) is 4.73.